The van der Waals surface area contributed by atoms with Crippen molar-refractivity contribution in [3.63, 3.8) is 0 Å². The van der Waals surface area contributed by atoms with Crippen LogP contribution in [-0.2, 0) is 20.6 Å². The van der Waals surface area contributed by atoms with Gasteiger partial charge in [0.05, 0.1) is 5.69 Å². The molecule has 0 aliphatic carbocycles. The second-order valence-corrected chi connectivity index (χ2v) is 4.94. The van der Waals surface area contributed by atoms with Crippen LogP contribution in [0.2, 0.25) is 0 Å². The molecule has 1 amide bonds. The Morgan fingerprint density at radius 2 is 2.05 bits per heavy atom. The summed E-state index contributed by atoms with van der Waals surface area (Å²) in [6.45, 7) is 4.58. The molecule has 0 aliphatic heterocycles. The van der Waals surface area contributed by atoms with Crippen molar-refractivity contribution in [2.45, 2.75) is 20.4 Å². The van der Waals surface area contributed by atoms with Crippen molar-refractivity contribution in [3.05, 3.63) is 41.0 Å². The summed E-state index contributed by atoms with van der Waals surface area (Å²) in [5.74, 6) is 0.0233. The van der Waals surface area contributed by atoms with Gasteiger partial charge in [-0.05, 0) is 26.0 Å². The number of amides is 1. The Morgan fingerprint density at radius 3 is 2.53 bits per heavy atom. The van der Waals surface area contributed by atoms with Crippen LogP contribution < -0.4 is 0 Å². The molecule has 2 aromatic rings. The van der Waals surface area contributed by atoms with Crippen LogP contribution in [0, 0.1) is 13.8 Å². The van der Waals surface area contributed by atoms with Crippen molar-refractivity contribution in [3.8, 4) is 0 Å². The van der Waals surface area contributed by atoms with Crippen LogP contribution in [0.4, 0.5) is 0 Å². The highest BCUT2D eigenvalue weighted by Gasteiger charge is 2.18. The highest BCUT2D eigenvalue weighted by Crippen LogP contribution is 2.15. The van der Waals surface area contributed by atoms with Crippen LogP contribution in [0.3, 0.4) is 0 Å². The Kier molecular flexibility index (Phi) is 3.46. The summed E-state index contributed by atoms with van der Waals surface area (Å²) in [5, 5.41) is 4.38. The molecule has 5 nitrogen and oxygen atoms in total. The fraction of sp³-hybridized carbons (Fsp3) is 0.429. The molecule has 0 saturated heterocycles. The minimum Gasteiger partial charge on any atom is -0.347 e. The van der Waals surface area contributed by atoms with Gasteiger partial charge in [0.15, 0.2) is 0 Å². The molecular weight excluding hydrogens is 240 g/mol. The molecule has 5 heteroatoms. The number of rotatable bonds is 3. The Bertz CT molecular complexity index is 609. The smallest absolute Gasteiger partial charge is 0.270 e. The van der Waals surface area contributed by atoms with Gasteiger partial charge in [0, 0.05) is 45.1 Å². The van der Waals surface area contributed by atoms with Crippen LogP contribution in [0.15, 0.2) is 18.3 Å². The first kappa shape index (κ1) is 13.4. The lowest BCUT2D eigenvalue weighted by molar-refractivity contribution is 0.0775. The zero-order valence-electron chi connectivity index (χ0n) is 12.1. The van der Waals surface area contributed by atoms with Crippen LogP contribution in [-0.4, -0.2) is 32.2 Å². The fourth-order valence-electron chi connectivity index (χ4n) is 2.23. The van der Waals surface area contributed by atoms with E-state index in [1.165, 1.54) is 0 Å². The number of aryl methyl sites for hydroxylation is 3. The molecule has 0 spiro atoms. The lowest BCUT2D eigenvalue weighted by Gasteiger charge is -2.18. The van der Waals surface area contributed by atoms with Crippen molar-refractivity contribution in [1.82, 2.24) is 19.2 Å². The van der Waals surface area contributed by atoms with E-state index in [-0.39, 0.29) is 5.91 Å². The third kappa shape index (κ3) is 2.41. The number of carbonyl (C=O) groups is 1. The number of nitrogens with zero attached hydrogens (tertiary/aromatic N) is 4. The molecule has 0 aliphatic rings. The molecule has 19 heavy (non-hydrogen) atoms. The number of hydrogen-bond donors (Lipinski definition) is 0. The minimum absolute atomic E-state index is 0.0233. The summed E-state index contributed by atoms with van der Waals surface area (Å²) >= 11 is 0. The van der Waals surface area contributed by atoms with E-state index in [9.17, 15) is 4.79 Å². The maximum absolute atomic E-state index is 12.3. The SMILES string of the molecule is Cc1nn(C)c(C)c1CN(C)C(=O)c1cccn1C. The Labute approximate surface area is 113 Å². The van der Waals surface area contributed by atoms with Gasteiger partial charge in [0.1, 0.15) is 5.69 Å². The van der Waals surface area contributed by atoms with Crippen molar-refractivity contribution in [1.29, 1.82) is 0 Å². The molecule has 0 saturated carbocycles. The summed E-state index contributed by atoms with van der Waals surface area (Å²) in [4.78, 5) is 14.1. The molecule has 0 N–H and O–H groups in total. The van der Waals surface area contributed by atoms with E-state index in [0.717, 1.165) is 17.0 Å². The van der Waals surface area contributed by atoms with Crippen molar-refractivity contribution < 1.29 is 4.79 Å². The lowest BCUT2D eigenvalue weighted by Crippen LogP contribution is -2.28. The molecular formula is C14H20N4O. The zero-order valence-corrected chi connectivity index (χ0v) is 12.1. The van der Waals surface area contributed by atoms with E-state index in [1.807, 2.05) is 62.6 Å². The molecule has 0 radical (unpaired) electrons. The maximum atomic E-state index is 12.3. The Hall–Kier alpha value is -2.04. The molecule has 0 aromatic carbocycles. The van der Waals surface area contributed by atoms with Crippen molar-refractivity contribution >= 4 is 5.91 Å². The fourth-order valence-corrected chi connectivity index (χ4v) is 2.23. The standard InChI is InChI=1S/C14H20N4O/c1-10-12(11(2)18(5)15-10)9-17(4)14(19)13-7-6-8-16(13)3/h6-8H,9H2,1-5H3. The summed E-state index contributed by atoms with van der Waals surface area (Å²) in [6.07, 6.45) is 1.88. The van der Waals surface area contributed by atoms with Gasteiger partial charge in [-0.1, -0.05) is 0 Å². The monoisotopic (exact) mass is 260 g/mol. The van der Waals surface area contributed by atoms with Crippen LogP contribution in [0.1, 0.15) is 27.4 Å². The van der Waals surface area contributed by atoms with Crippen LogP contribution in [0.5, 0.6) is 0 Å². The summed E-state index contributed by atoms with van der Waals surface area (Å²) < 4.78 is 3.69. The van der Waals surface area contributed by atoms with Gasteiger partial charge in [-0.2, -0.15) is 5.10 Å². The van der Waals surface area contributed by atoms with E-state index >= 15 is 0 Å². The van der Waals surface area contributed by atoms with E-state index in [2.05, 4.69) is 5.10 Å². The molecule has 2 aromatic heterocycles. The summed E-state index contributed by atoms with van der Waals surface area (Å²) in [5.41, 5.74) is 3.89. The van der Waals surface area contributed by atoms with Gasteiger partial charge in [0.25, 0.3) is 5.91 Å². The highest BCUT2D eigenvalue weighted by atomic mass is 16.2. The zero-order chi connectivity index (χ0) is 14.2. The van der Waals surface area contributed by atoms with Gasteiger partial charge < -0.3 is 9.47 Å². The van der Waals surface area contributed by atoms with Crippen molar-refractivity contribution in [2.75, 3.05) is 7.05 Å². The molecule has 0 unspecified atom stereocenters. The highest BCUT2D eigenvalue weighted by molar-refractivity contribution is 5.92. The topological polar surface area (TPSA) is 43.1 Å². The largest absolute Gasteiger partial charge is 0.347 e. The second kappa shape index (κ2) is 4.91. The number of carbonyl (C=O) groups excluding carboxylic acids is 1. The van der Waals surface area contributed by atoms with Gasteiger partial charge in [-0.15, -0.1) is 0 Å². The third-order valence-electron chi connectivity index (χ3n) is 3.56. The molecule has 0 fully saturated rings. The average Bonchev–Trinajstić information content (AvgIpc) is 2.88. The minimum atomic E-state index is 0.0233. The predicted octanol–water partition coefficient (Wildman–Crippen LogP) is 1.65. The second-order valence-electron chi connectivity index (χ2n) is 4.94. The molecule has 0 atom stereocenters. The van der Waals surface area contributed by atoms with Crippen LogP contribution >= 0.6 is 0 Å². The Balaban J connectivity index is 2.20. The third-order valence-corrected chi connectivity index (χ3v) is 3.56. The summed E-state index contributed by atoms with van der Waals surface area (Å²) in [7, 11) is 5.62. The van der Waals surface area contributed by atoms with E-state index < -0.39 is 0 Å². The van der Waals surface area contributed by atoms with Crippen molar-refractivity contribution in [2.24, 2.45) is 14.1 Å². The molecule has 2 heterocycles. The normalized spacial score (nSPS) is 10.8. The van der Waals surface area contributed by atoms with Gasteiger partial charge in [-0.3, -0.25) is 9.48 Å². The Morgan fingerprint density at radius 1 is 1.37 bits per heavy atom. The predicted molar refractivity (Wildman–Crippen MR) is 73.9 cm³/mol. The van der Waals surface area contributed by atoms with Crippen LogP contribution in [0.25, 0.3) is 0 Å². The van der Waals surface area contributed by atoms with Gasteiger partial charge in [-0.25, -0.2) is 0 Å². The number of aromatic nitrogens is 3. The lowest BCUT2D eigenvalue weighted by atomic mass is 10.2. The molecule has 0 bridgehead atoms. The number of hydrogen-bond acceptors (Lipinski definition) is 2. The quantitative estimate of drug-likeness (QED) is 0.842. The van der Waals surface area contributed by atoms with E-state index in [1.54, 1.807) is 4.90 Å². The van der Waals surface area contributed by atoms with E-state index in [0.29, 0.717) is 12.2 Å². The van der Waals surface area contributed by atoms with E-state index in [4.69, 9.17) is 0 Å². The maximum Gasteiger partial charge on any atom is 0.270 e. The average molecular weight is 260 g/mol. The first-order valence-electron chi connectivity index (χ1n) is 6.27. The molecule has 102 valence electrons. The summed E-state index contributed by atoms with van der Waals surface area (Å²) in [6, 6.07) is 3.71. The first-order chi connectivity index (χ1) is 8.91. The van der Waals surface area contributed by atoms with Gasteiger partial charge >= 0.3 is 0 Å². The van der Waals surface area contributed by atoms with Gasteiger partial charge in [0.2, 0.25) is 0 Å². The molecule has 2 rings (SSSR count). The first-order valence-corrected chi connectivity index (χ1v) is 6.27.